The largest absolute Gasteiger partial charge is 0.358 e. The van der Waals surface area contributed by atoms with Crippen LogP contribution in [0.2, 0.25) is 0 Å². The molecule has 1 aromatic carbocycles. The monoisotopic (exact) mass is 239 g/mol. The van der Waals surface area contributed by atoms with Crippen molar-refractivity contribution in [3.63, 3.8) is 0 Å². The maximum Gasteiger partial charge on any atom is 0.168 e. The maximum atomic E-state index is 12.7. The molecule has 0 radical (unpaired) electrons. The number of aromatic amines is 1. The summed E-state index contributed by atoms with van der Waals surface area (Å²) in [7, 11) is 0. The average Bonchev–Trinajstić information content (AvgIpc) is 2.73. The van der Waals surface area contributed by atoms with E-state index in [0.29, 0.717) is 23.5 Å². The Morgan fingerprint density at radius 3 is 2.72 bits per heavy atom. The predicted molar refractivity (Wildman–Crippen MR) is 71.7 cm³/mol. The first-order valence-electron chi connectivity index (χ1n) is 6.89. The van der Waals surface area contributed by atoms with Gasteiger partial charge in [0.1, 0.15) is 0 Å². The minimum atomic E-state index is 0.330. The highest BCUT2D eigenvalue weighted by molar-refractivity contribution is 6.11. The van der Waals surface area contributed by atoms with Crippen LogP contribution in [0.1, 0.15) is 35.3 Å². The zero-order chi connectivity index (χ0) is 12.3. The van der Waals surface area contributed by atoms with Crippen molar-refractivity contribution < 1.29 is 4.79 Å². The number of rotatable bonds is 2. The molecule has 2 nitrogen and oxygen atoms in total. The Bertz CT molecular complexity index is 630. The van der Waals surface area contributed by atoms with Crippen LogP contribution in [-0.4, -0.2) is 10.8 Å². The lowest BCUT2D eigenvalue weighted by atomic mass is 9.99. The van der Waals surface area contributed by atoms with Gasteiger partial charge in [-0.15, -0.1) is 0 Å². The Hall–Kier alpha value is -1.57. The normalized spacial score (nSPS) is 29.5. The van der Waals surface area contributed by atoms with Gasteiger partial charge in [-0.1, -0.05) is 24.6 Å². The number of aryl methyl sites for hydroxylation is 1. The van der Waals surface area contributed by atoms with Gasteiger partial charge >= 0.3 is 0 Å². The summed E-state index contributed by atoms with van der Waals surface area (Å²) in [6.07, 6.45) is 3.86. The number of carbonyl (C=O) groups excluding carboxylic acids is 1. The summed E-state index contributed by atoms with van der Waals surface area (Å²) in [5.74, 6) is 2.12. The van der Waals surface area contributed by atoms with Gasteiger partial charge in [-0.3, -0.25) is 4.79 Å². The molecular formula is C16H17NO. The summed E-state index contributed by atoms with van der Waals surface area (Å²) >= 11 is 0. The Balaban J connectivity index is 1.78. The predicted octanol–water partition coefficient (Wildman–Crippen LogP) is 3.71. The first kappa shape index (κ1) is 10.4. The molecule has 1 N–H and O–H groups in total. The second kappa shape index (κ2) is 3.47. The number of fused-ring (bicyclic) bond motifs is 2. The maximum absolute atomic E-state index is 12.7. The Morgan fingerprint density at radius 2 is 1.94 bits per heavy atom. The van der Waals surface area contributed by atoms with Crippen molar-refractivity contribution in [3.8, 4) is 0 Å². The summed E-state index contributed by atoms with van der Waals surface area (Å²) in [5, 5.41) is 1.10. The number of ketones is 1. The number of hydrogen-bond donors (Lipinski definition) is 1. The highest BCUT2D eigenvalue weighted by Crippen LogP contribution is 2.58. The van der Waals surface area contributed by atoms with Crippen molar-refractivity contribution in [2.75, 3.05) is 0 Å². The molecule has 2 atom stereocenters. The van der Waals surface area contributed by atoms with Gasteiger partial charge in [-0.05, 0) is 37.7 Å². The van der Waals surface area contributed by atoms with Gasteiger partial charge in [0.05, 0.1) is 0 Å². The fourth-order valence-electron chi connectivity index (χ4n) is 3.97. The number of carbonyl (C=O) groups is 1. The summed E-state index contributed by atoms with van der Waals surface area (Å²) in [6, 6.07) is 8.13. The van der Waals surface area contributed by atoms with Crippen LogP contribution in [0, 0.1) is 24.7 Å². The van der Waals surface area contributed by atoms with Gasteiger partial charge in [-0.25, -0.2) is 0 Å². The Labute approximate surface area is 106 Å². The van der Waals surface area contributed by atoms with Crippen molar-refractivity contribution in [1.82, 2.24) is 4.98 Å². The first-order chi connectivity index (χ1) is 8.77. The molecule has 2 aliphatic carbocycles. The van der Waals surface area contributed by atoms with Crippen LogP contribution in [0.25, 0.3) is 10.9 Å². The van der Waals surface area contributed by atoms with E-state index in [2.05, 4.69) is 11.1 Å². The second-order valence-corrected chi connectivity index (χ2v) is 5.82. The molecule has 4 rings (SSSR count). The number of hydrogen-bond acceptors (Lipinski definition) is 1. The lowest BCUT2D eigenvalue weighted by molar-refractivity contribution is 0.0952. The number of H-pyrrole nitrogens is 1. The van der Waals surface area contributed by atoms with E-state index in [0.717, 1.165) is 22.2 Å². The topological polar surface area (TPSA) is 32.9 Å². The molecule has 2 aliphatic rings. The van der Waals surface area contributed by atoms with E-state index in [1.807, 2.05) is 25.1 Å². The van der Waals surface area contributed by atoms with Crippen molar-refractivity contribution in [1.29, 1.82) is 0 Å². The summed E-state index contributed by atoms with van der Waals surface area (Å²) in [4.78, 5) is 16.0. The third kappa shape index (κ3) is 1.26. The van der Waals surface area contributed by atoms with E-state index in [-0.39, 0.29) is 0 Å². The Morgan fingerprint density at radius 1 is 1.22 bits per heavy atom. The molecule has 0 saturated heterocycles. The molecule has 0 amide bonds. The van der Waals surface area contributed by atoms with Crippen LogP contribution in [0.15, 0.2) is 24.3 Å². The summed E-state index contributed by atoms with van der Waals surface area (Å²) in [6.45, 7) is 2.02. The minimum absolute atomic E-state index is 0.330. The number of aromatic nitrogens is 1. The minimum Gasteiger partial charge on any atom is -0.358 e. The van der Waals surface area contributed by atoms with Crippen LogP contribution in [0.3, 0.4) is 0 Å². The van der Waals surface area contributed by atoms with Crippen molar-refractivity contribution >= 4 is 16.7 Å². The van der Waals surface area contributed by atoms with Crippen LogP contribution in [-0.2, 0) is 0 Å². The van der Waals surface area contributed by atoms with E-state index in [9.17, 15) is 4.79 Å². The zero-order valence-electron chi connectivity index (χ0n) is 10.6. The first-order valence-corrected chi connectivity index (χ1v) is 6.89. The molecule has 2 fully saturated rings. The highest BCUT2D eigenvalue weighted by atomic mass is 16.1. The van der Waals surface area contributed by atoms with Crippen LogP contribution < -0.4 is 0 Å². The molecule has 92 valence electrons. The zero-order valence-corrected chi connectivity index (χ0v) is 10.6. The van der Waals surface area contributed by atoms with Crippen molar-refractivity contribution in [2.24, 2.45) is 17.8 Å². The Kier molecular flexibility index (Phi) is 2.00. The molecular weight excluding hydrogens is 222 g/mol. The molecule has 2 saturated carbocycles. The third-order valence-electron chi connectivity index (χ3n) is 4.85. The molecule has 2 heteroatoms. The fraction of sp³-hybridized carbons (Fsp3) is 0.438. The van der Waals surface area contributed by atoms with Gasteiger partial charge in [0.25, 0.3) is 0 Å². The lowest BCUT2D eigenvalue weighted by Gasteiger charge is -2.03. The average molecular weight is 239 g/mol. The van der Waals surface area contributed by atoms with Gasteiger partial charge in [0.2, 0.25) is 0 Å². The van der Waals surface area contributed by atoms with Gasteiger partial charge < -0.3 is 4.98 Å². The fourth-order valence-corrected chi connectivity index (χ4v) is 3.97. The molecule has 18 heavy (non-hydrogen) atoms. The quantitative estimate of drug-likeness (QED) is 0.796. The van der Waals surface area contributed by atoms with Crippen LogP contribution in [0.5, 0.6) is 0 Å². The van der Waals surface area contributed by atoms with E-state index in [1.165, 1.54) is 19.3 Å². The SMILES string of the molecule is Cc1[nH]c2ccccc2c1C(=O)C1C2CCCC21. The molecule has 2 unspecified atom stereocenters. The van der Waals surface area contributed by atoms with Gasteiger partial charge in [0.15, 0.2) is 5.78 Å². The standard InChI is InChI=1S/C16H17NO/c1-9-14(12-5-2-3-8-13(12)17-9)16(18)15-10-6-4-7-11(10)15/h2-3,5,8,10-11,15,17H,4,6-7H2,1H3. The smallest absolute Gasteiger partial charge is 0.168 e. The van der Waals surface area contributed by atoms with E-state index >= 15 is 0 Å². The number of Topliss-reactive ketones (excluding diaryl/α,β-unsaturated/α-hetero) is 1. The number of para-hydroxylation sites is 1. The second-order valence-electron chi connectivity index (χ2n) is 5.82. The van der Waals surface area contributed by atoms with E-state index < -0.39 is 0 Å². The van der Waals surface area contributed by atoms with Crippen molar-refractivity contribution in [2.45, 2.75) is 26.2 Å². The molecule has 2 aromatic rings. The summed E-state index contributed by atoms with van der Waals surface area (Å²) < 4.78 is 0. The molecule has 1 heterocycles. The molecule has 0 aliphatic heterocycles. The van der Waals surface area contributed by atoms with Gasteiger partial charge in [-0.2, -0.15) is 0 Å². The van der Waals surface area contributed by atoms with Crippen LogP contribution >= 0.6 is 0 Å². The molecule has 0 bridgehead atoms. The third-order valence-corrected chi connectivity index (χ3v) is 4.85. The van der Waals surface area contributed by atoms with E-state index in [1.54, 1.807) is 0 Å². The number of benzene rings is 1. The van der Waals surface area contributed by atoms with Crippen LogP contribution in [0.4, 0.5) is 0 Å². The molecule has 1 aromatic heterocycles. The summed E-state index contributed by atoms with van der Waals surface area (Å²) in [5.41, 5.74) is 3.07. The molecule has 0 spiro atoms. The van der Waals surface area contributed by atoms with E-state index in [4.69, 9.17) is 0 Å². The lowest BCUT2D eigenvalue weighted by Crippen LogP contribution is -2.07. The van der Waals surface area contributed by atoms with Crippen molar-refractivity contribution in [3.05, 3.63) is 35.5 Å². The highest BCUT2D eigenvalue weighted by Gasteiger charge is 2.56. The van der Waals surface area contributed by atoms with Gasteiger partial charge in [0, 0.05) is 28.1 Å². The number of nitrogens with one attached hydrogen (secondary N) is 1.